The van der Waals surface area contributed by atoms with Crippen LogP contribution in [0.2, 0.25) is 0 Å². The molecule has 2 aromatic rings. The van der Waals surface area contributed by atoms with Crippen molar-refractivity contribution in [3.63, 3.8) is 0 Å². The number of amides is 3. The summed E-state index contributed by atoms with van der Waals surface area (Å²) < 4.78 is 5.28. The van der Waals surface area contributed by atoms with E-state index in [-0.39, 0.29) is 50.9 Å². The van der Waals surface area contributed by atoms with Gasteiger partial charge in [-0.15, -0.1) is 0 Å². The number of carbonyl (C=O) groups excluding carboxylic acids is 5. The largest absolute Gasteiger partial charge is 0.481 e. The highest BCUT2D eigenvalue weighted by Gasteiger charge is 2.38. The molecule has 6 N–H and O–H groups in total. The second kappa shape index (κ2) is 18.3. The second-order valence-corrected chi connectivity index (χ2v) is 10.9. The number of benzene rings is 2. The molecule has 0 bridgehead atoms. The Kier molecular flexibility index (Phi) is 14.9. The van der Waals surface area contributed by atoms with Crippen molar-refractivity contribution in [3.05, 3.63) is 71.8 Å². The number of carbonyl (C=O) groups is 6. The van der Waals surface area contributed by atoms with Crippen molar-refractivity contribution in [1.29, 1.82) is 0 Å². The molecule has 238 valence electrons. The first-order valence-electron chi connectivity index (χ1n) is 14.5. The number of carboxylic acids is 1. The molecule has 0 fully saturated rings. The molecule has 4 atom stereocenters. The molecule has 44 heavy (non-hydrogen) atoms. The van der Waals surface area contributed by atoms with Gasteiger partial charge in [0, 0.05) is 6.42 Å². The van der Waals surface area contributed by atoms with E-state index < -0.39 is 60.2 Å². The van der Waals surface area contributed by atoms with Crippen molar-refractivity contribution < 1.29 is 38.6 Å². The highest BCUT2D eigenvalue weighted by Crippen LogP contribution is 2.18. The molecule has 2 unspecified atom stereocenters. The van der Waals surface area contributed by atoms with E-state index in [1.54, 1.807) is 38.1 Å². The van der Waals surface area contributed by atoms with Crippen LogP contribution in [0.15, 0.2) is 60.7 Å². The van der Waals surface area contributed by atoms with Gasteiger partial charge in [0.25, 0.3) is 0 Å². The molecule has 3 amide bonds. The van der Waals surface area contributed by atoms with Gasteiger partial charge in [-0.3, -0.25) is 28.9 Å². The molecule has 0 aliphatic rings. The monoisotopic (exact) mass is 610 g/mol. The Balaban J connectivity index is 2.27. The molecule has 0 aliphatic carbocycles. The van der Waals surface area contributed by atoms with E-state index in [1.165, 1.54) is 0 Å². The number of carboxylic acid groups (broad SMARTS) is 1. The highest BCUT2D eigenvalue weighted by atomic mass is 16.5. The minimum absolute atomic E-state index is 0.0281. The number of imide groups is 1. The van der Waals surface area contributed by atoms with Crippen molar-refractivity contribution in [2.45, 2.75) is 83.1 Å². The van der Waals surface area contributed by atoms with E-state index in [9.17, 15) is 28.8 Å². The lowest BCUT2D eigenvalue weighted by atomic mass is 9.98. The molecule has 0 aliphatic heterocycles. The van der Waals surface area contributed by atoms with Gasteiger partial charge < -0.3 is 31.4 Å². The lowest BCUT2D eigenvalue weighted by Gasteiger charge is -2.33. The maximum Gasteiger partial charge on any atom is 0.323 e. The molecule has 2 aromatic carbocycles. The first-order valence-corrected chi connectivity index (χ1v) is 14.5. The van der Waals surface area contributed by atoms with E-state index in [2.05, 4.69) is 5.32 Å². The van der Waals surface area contributed by atoms with Gasteiger partial charge >= 0.3 is 11.9 Å². The van der Waals surface area contributed by atoms with Gasteiger partial charge in [0.2, 0.25) is 17.7 Å². The molecule has 0 saturated carbocycles. The summed E-state index contributed by atoms with van der Waals surface area (Å²) in [5.41, 5.74) is 13.8. The van der Waals surface area contributed by atoms with Crippen molar-refractivity contribution >= 4 is 35.9 Å². The fourth-order valence-electron chi connectivity index (χ4n) is 4.37. The molecule has 0 spiro atoms. The third-order valence-electron chi connectivity index (χ3n) is 7.00. The summed E-state index contributed by atoms with van der Waals surface area (Å²) in [6.45, 7) is 3.42. The van der Waals surface area contributed by atoms with Gasteiger partial charge in [-0.2, -0.15) is 0 Å². The zero-order chi connectivity index (χ0) is 32.6. The number of nitrogens with zero attached hydrogens (tertiary/aromatic N) is 1. The van der Waals surface area contributed by atoms with Crippen LogP contribution >= 0.6 is 0 Å². The van der Waals surface area contributed by atoms with E-state index in [4.69, 9.17) is 21.3 Å². The van der Waals surface area contributed by atoms with Gasteiger partial charge in [-0.05, 0) is 42.7 Å². The molecule has 2 rings (SSSR count). The summed E-state index contributed by atoms with van der Waals surface area (Å²) in [7, 11) is 0. The number of aryl methyl sites for hydroxylation is 1. The summed E-state index contributed by atoms with van der Waals surface area (Å²) in [4.78, 5) is 76.7. The topological polar surface area (TPSA) is 199 Å². The Bertz CT molecular complexity index is 1260. The second-order valence-electron chi connectivity index (χ2n) is 10.9. The Morgan fingerprint density at radius 2 is 1.52 bits per heavy atom. The molecule has 0 saturated heterocycles. The van der Waals surface area contributed by atoms with Crippen LogP contribution in [-0.2, 0) is 46.5 Å². The Hall–Kier alpha value is -4.42. The standard InChI is InChI=1S/C32H42N4O8/c1-21(2)29(34)31(42)36(27(38)17-16-22-10-5-3-6-11-22)26(30(41)35-24(19-37)18-28(39)40)15-9-14-25(33)32(43)44-20-23-12-7-4-8-13-23/h3-8,10-13,19,21,24-26,29H,9,14-18,20,33-34H2,1-2H3,(H,35,41)(H,39,40)/t24?,25?,26-,29-/m0/s1. The number of aldehydes is 1. The van der Waals surface area contributed by atoms with Gasteiger partial charge in [-0.25, -0.2) is 0 Å². The smallest absolute Gasteiger partial charge is 0.323 e. The van der Waals surface area contributed by atoms with E-state index in [1.807, 2.05) is 36.4 Å². The average Bonchev–Trinajstić information content (AvgIpc) is 3.01. The number of hydrogen-bond donors (Lipinski definition) is 4. The van der Waals surface area contributed by atoms with Gasteiger partial charge in [0.1, 0.15) is 25.0 Å². The van der Waals surface area contributed by atoms with E-state index >= 15 is 0 Å². The third kappa shape index (κ3) is 11.7. The van der Waals surface area contributed by atoms with Crippen molar-refractivity contribution in [2.24, 2.45) is 17.4 Å². The number of nitrogens with two attached hydrogens (primary N) is 2. The molecule has 12 nitrogen and oxygen atoms in total. The lowest BCUT2D eigenvalue weighted by molar-refractivity contribution is -0.154. The normalized spacial score (nSPS) is 13.7. The third-order valence-corrected chi connectivity index (χ3v) is 7.00. The molecular formula is C32H42N4O8. The number of hydrogen-bond acceptors (Lipinski definition) is 9. The number of ether oxygens (including phenoxy) is 1. The summed E-state index contributed by atoms with van der Waals surface area (Å²) in [6.07, 6.45) is -0.230. The Labute approximate surface area is 257 Å². The molecule has 0 heterocycles. The van der Waals surface area contributed by atoms with Gasteiger partial charge in [0.15, 0.2) is 0 Å². The minimum Gasteiger partial charge on any atom is -0.481 e. The van der Waals surface area contributed by atoms with E-state index in [0.29, 0.717) is 0 Å². The first kappa shape index (κ1) is 35.8. The number of esters is 1. The fourth-order valence-corrected chi connectivity index (χ4v) is 4.37. The van der Waals surface area contributed by atoms with Crippen molar-refractivity contribution in [1.82, 2.24) is 10.2 Å². The summed E-state index contributed by atoms with van der Waals surface area (Å²) in [6, 6.07) is 13.1. The average molecular weight is 611 g/mol. The van der Waals surface area contributed by atoms with Crippen LogP contribution in [0.4, 0.5) is 0 Å². The molecule has 0 radical (unpaired) electrons. The summed E-state index contributed by atoms with van der Waals surface area (Å²) in [5, 5.41) is 11.5. The first-order chi connectivity index (χ1) is 20.9. The zero-order valence-corrected chi connectivity index (χ0v) is 25.1. The van der Waals surface area contributed by atoms with Gasteiger partial charge in [-0.1, -0.05) is 74.5 Å². The van der Waals surface area contributed by atoms with Crippen LogP contribution in [0.25, 0.3) is 0 Å². The predicted molar refractivity (Wildman–Crippen MR) is 162 cm³/mol. The van der Waals surface area contributed by atoms with Crippen LogP contribution in [0, 0.1) is 5.92 Å². The van der Waals surface area contributed by atoms with Crippen LogP contribution in [0.3, 0.4) is 0 Å². The fraction of sp³-hybridized carbons (Fsp3) is 0.438. The van der Waals surface area contributed by atoms with Crippen molar-refractivity contribution in [3.8, 4) is 0 Å². The molecule has 0 aromatic heterocycles. The Morgan fingerprint density at radius 1 is 0.932 bits per heavy atom. The lowest BCUT2D eigenvalue weighted by Crippen LogP contribution is -2.58. The van der Waals surface area contributed by atoms with Crippen molar-refractivity contribution in [2.75, 3.05) is 0 Å². The van der Waals surface area contributed by atoms with Crippen LogP contribution in [-0.4, -0.2) is 70.1 Å². The zero-order valence-electron chi connectivity index (χ0n) is 25.1. The van der Waals surface area contributed by atoms with Crippen LogP contribution in [0.1, 0.15) is 57.1 Å². The molecular weight excluding hydrogens is 568 g/mol. The van der Waals surface area contributed by atoms with Crippen LogP contribution in [0.5, 0.6) is 0 Å². The maximum atomic E-state index is 13.6. The minimum atomic E-state index is -1.45. The maximum absolute atomic E-state index is 13.6. The van der Waals surface area contributed by atoms with Gasteiger partial charge in [0.05, 0.1) is 18.5 Å². The molecule has 12 heteroatoms. The summed E-state index contributed by atoms with van der Waals surface area (Å²) >= 11 is 0. The Morgan fingerprint density at radius 3 is 2.07 bits per heavy atom. The highest BCUT2D eigenvalue weighted by molar-refractivity contribution is 6.02. The number of rotatable bonds is 18. The number of aliphatic carboxylic acids is 1. The predicted octanol–water partition coefficient (Wildman–Crippen LogP) is 1.73. The quantitative estimate of drug-likeness (QED) is 0.142. The number of nitrogens with one attached hydrogen (secondary N) is 1. The summed E-state index contributed by atoms with van der Waals surface area (Å²) in [5.74, 6) is -4.72. The van der Waals surface area contributed by atoms with Crippen LogP contribution < -0.4 is 16.8 Å². The SMILES string of the molecule is CC(C)[C@H](N)C(=O)N(C(=O)CCc1ccccc1)[C@@H](CCCC(N)C(=O)OCc1ccccc1)C(=O)NC(C=O)CC(=O)O. The van der Waals surface area contributed by atoms with E-state index in [0.717, 1.165) is 16.0 Å².